The molecule has 0 amide bonds. The molecule has 12 aromatic rings. The molecule has 0 saturated carbocycles. The first kappa shape index (κ1) is 31.7. The maximum atomic E-state index is 6.92. The van der Waals surface area contributed by atoms with Gasteiger partial charge < -0.3 is 13.7 Å². The maximum Gasteiger partial charge on any atom is 0.143 e. The van der Waals surface area contributed by atoms with E-state index in [4.69, 9.17) is 8.83 Å². The number of anilines is 3. The normalized spacial score (nSPS) is 11.9. The van der Waals surface area contributed by atoms with Gasteiger partial charge in [0, 0.05) is 38.5 Å². The van der Waals surface area contributed by atoms with Crippen molar-refractivity contribution in [1.82, 2.24) is 0 Å². The van der Waals surface area contributed by atoms with Crippen LogP contribution < -0.4 is 4.90 Å². The summed E-state index contributed by atoms with van der Waals surface area (Å²) in [6.07, 6.45) is 0. The third-order valence-electron chi connectivity index (χ3n) is 11.6. The zero-order valence-electron chi connectivity index (χ0n) is 30.8. The highest BCUT2D eigenvalue weighted by molar-refractivity contribution is 6.25. The second-order valence-corrected chi connectivity index (χ2v) is 14.8. The van der Waals surface area contributed by atoms with Gasteiger partial charge in [0.2, 0.25) is 0 Å². The molecule has 3 nitrogen and oxygen atoms in total. The van der Waals surface area contributed by atoms with Crippen LogP contribution >= 0.6 is 0 Å². The summed E-state index contributed by atoms with van der Waals surface area (Å²) in [6.45, 7) is 0. The molecule has 0 atom stereocenters. The first-order valence-electron chi connectivity index (χ1n) is 19.4. The molecule has 0 unspecified atom stereocenters. The zero-order valence-corrected chi connectivity index (χ0v) is 30.8. The molecule has 2 heterocycles. The van der Waals surface area contributed by atoms with Gasteiger partial charge in [-0.05, 0) is 98.2 Å². The fourth-order valence-electron chi connectivity index (χ4n) is 9.00. The Morgan fingerprint density at radius 2 is 0.895 bits per heavy atom. The van der Waals surface area contributed by atoms with Gasteiger partial charge in [0.05, 0.1) is 11.1 Å². The van der Waals surface area contributed by atoms with Gasteiger partial charge in [-0.15, -0.1) is 0 Å². The Hall–Kier alpha value is -7.62. The summed E-state index contributed by atoms with van der Waals surface area (Å²) in [6, 6.07) is 71.4. The van der Waals surface area contributed by atoms with Gasteiger partial charge in [-0.1, -0.05) is 146 Å². The molecule has 10 aromatic carbocycles. The average molecular weight is 728 g/mol. The molecule has 266 valence electrons. The Morgan fingerprint density at radius 1 is 0.316 bits per heavy atom. The van der Waals surface area contributed by atoms with Gasteiger partial charge in [-0.25, -0.2) is 0 Å². The smallest absolute Gasteiger partial charge is 0.143 e. The second kappa shape index (κ2) is 12.5. The van der Waals surface area contributed by atoms with Crippen molar-refractivity contribution in [3.8, 4) is 22.3 Å². The fraction of sp³-hybridized carbons (Fsp3) is 0. The third-order valence-corrected chi connectivity index (χ3v) is 11.6. The van der Waals surface area contributed by atoms with Crippen molar-refractivity contribution in [3.05, 3.63) is 200 Å². The van der Waals surface area contributed by atoms with Crippen molar-refractivity contribution >= 4 is 93.3 Å². The molecule has 2 aromatic heterocycles. The maximum absolute atomic E-state index is 6.92. The van der Waals surface area contributed by atoms with Gasteiger partial charge >= 0.3 is 0 Å². The lowest BCUT2D eigenvalue weighted by Crippen LogP contribution is -2.10. The van der Waals surface area contributed by atoms with Crippen LogP contribution in [-0.2, 0) is 0 Å². The first-order valence-corrected chi connectivity index (χ1v) is 19.4. The number of benzene rings is 10. The Morgan fingerprint density at radius 3 is 1.63 bits per heavy atom. The molecule has 0 radical (unpaired) electrons. The van der Waals surface area contributed by atoms with Crippen LogP contribution in [0.5, 0.6) is 0 Å². The van der Waals surface area contributed by atoms with E-state index in [-0.39, 0.29) is 0 Å². The van der Waals surface area contributed by atoms with Crippen molar-refractivity contribution in [3.63, 3.8) is 0 Å². The molecule has 0 aliphatic heterocycles. The largest absolute Gasteiger partial charge is 0.455 e. The molecule has 0 fully saturated rings. The Bertz CT molecular complexity index is 3460. The Kier molecular flexibility index (Phi) is 6.93. The molecular formula is C54H33NO2. The highest BCUT2D eigenvalue weighted by Gasteiger charge is 2.24. The van der Waals surface area contributed by atoms with E-state index in [1.165, 1.54) is 21.5 Å². The van der Waals surface area contributed by atoms with Crippen LogP contribution in [0.2, 0.25) is 0 Å². The molecule has 0 bridgehead atoms. The zero-order chi connectivity index (χ0) is 37.5. The topological polar surface area (TPSA) is 29.5 Å². The summed E-state index contributed by atoms with van der Waals surface area (Å²) in [5.41, 5.74) is 11.1. The van der Waals surface area contributed by atoms with Gasteiger partial charge in [0.1, 0.15) is 22.3 Å². The van der Waals surface area contributed by atoms with Crippen molar-refractivity contribution in [1.29, 1.82) is 0 Å². The van der Waals surface area contributed by atoms with Gasteiger partial charge in [-0.2, -0.15) is 0 Å². The number of rotatable bonds is 5. The van der Waals surface area contributed by atoms with Gasteiger partial charge in [-0.3, -0.25) is 0 Å². The van der Waals surface area contributed by atoms with Gasteiger partial charge in [0.25, 0.3) is 0 Å². The van der Waals surface area contributed by atoms with Crippen LogP contribution in [-0.4, -0.2) is 0 Å². The van der Waals surface area contributed by atoms with Crippen LogP contribution in [0.25, 0.3) is 98.4 Å². The highest BCUT2D eigenvalue weighted by atomic mass is 16.3. The molecule has 0 saturated heterocycles. The Labute approximate surface area is 328 Å². The number of nitrogens with zero attached hydrogens (tertiary/aromatic N) is 1. The molecule has 0 spiro atoms. The minimum Gasteiger partial charge on any atom is -0.455 e. The van der Waals surface area contributed by atoms with E-state index >= 15 is 0 Å². The lowest BCUT2D eigenvalue weighted by molar-refractivity contribution is 0.670. The summed E-state index contributed by atoms with van der Waals surface area (Å²) >= 11 is 0. The van der Waals surface area contributed by atoms with E-state index < -0.39 is 0 Å². The minimum atomic E-state index is 0.838. The van der Waals surface area contributed by atoms with Crippen molar-refractivity contribution in [2.75, 3.05) is 4.90 Å². The van der Waals surface area contributed by atoms with E-state index in [2.05, 4.69) is 199 Å². The average Bonchev–Trinajstić information content (AvgIpc) is 3.86. The van der Waals surface area contributed by atoms with Crippen molar-refractivity contribution < 1.29 is 8.83 Å². The monoisotopic (exact) mass is 727 g/mol. The van der Waals surface area contributed by atoms with Crippen LogP contribution in [0.15, 0.2) is 209 Å². The first-order chi connectivity index (χ1) is 28.3. The predicted molar refractivity (Wildman–Crippen MR) is 239 cm³/mol. The lowest BCUT2D eigenvalue weighted by Gasteiger charge is -2.27. The van der Waals surface area contributed by atoms with E-state index in [9.17, 15) is 0 Å². The molecule has 0 N–H and O–H groups in total. The van der Waals surface area contributed by atoms with E-state index in [1.54, 1.807) is 0 Å². The fourth-order valence-corrected chi connectivity index (χ4v) is 9.00. The summed E-state index contributed by atoms with van der Waals surface area (Å²) in [5.74, 6) is 0. The quantitative estimate of drug-likeness (QED) is 0.177. The lowest BCUT2D eigenvalue weighted by atomic mass is 9.91. The Balaban J connectivity index is 1.17. The molecule has 3 heteroatoms. The van der Waals surface area contributed by atoms with Gasteiger partial charge in [0.15, 0.2) is 0 Å². The highest BCUT2D eigenvalue weighted by Crippen LogP contribution is 2.49. The number of furan rings is 2. The van der Waals surface area contributed by atoms with Crippen molar-refractivity contribution in [2.24, 2.45) is 0 Å². The van der Waals surface area contributed by atoms with Crippen LogP contribution in [0, 0.1) is 0 Å². The van der Waals surface area contributed by atoms with Crippen molar-refractivity contribution in [2.45, 2.75) is 0 Å². The molecule has 57 heavy (non-hydrogen) atoms. The molecule has 0 aliphatic rings. The van der Waals surface area contributed by atoms with Crippen LogP contribution in [0.3, 0.4) is 0 Å². The summed E-state index contributed by atoms with van der Waals surface area (Å²) in [5, 5.41) is 11.3. The number of fused-ring (bicyclic) bond motifs is 10. The van der Waals surface area contributed by atoms with E-state index in [0.717, 1.165) is 94.0 Å². The molecule has 0 aliphatic carbocycles. The number of hydrogen-bond acceptors (Lipinski definition) is 3. The summed E-state index contributed by atoms with van der Waals surface area (Å²) in [7, 11) is 0. The second-order valence-electron chi connectivity index (χ2n) is 14.8. The SMILES string of the molecule is c1ccc(-c2ccc(-c3cc4c(oc5cccc(N(c6ccc7ccccc7c6)c6ccc7ccccc7c6)c54)c4ccccc34)c3oc4ccccc4c23)cc1. The van der Waals surface area contributed by atoms with Crippen LogP contribution in [0.4, 0.5) is 17.1 Å². The predicted octanol–water partition coefficient (Wildman–Crippen LogP) is 15.7. The minimum absolute atomic E-state index is 0.838. The standard InChI is InChI=1S/C54H33NO2/c1-2-15-36(16-3-1)41-29-30-44(54-51(41)45-21-10-11-23-49(45)56-54)46-33-47-52-48(22-12-24-50(52)57-53(47)43-20-9-8-19-42(43)46)55(39-27-25-34-13-4-6-17-37(34)31-39)40-28-26-35-14-5-7-18-38(35)32-40/h1-33H. The molecular weight excluding hydrogens is 695 g/mol. The van der Waals surface area contributed by atoms with Crippen LogP contribution in [0.1, 0.15) is 0 Å². The summed E-state index contributed by atoms with van der Waals surface area (Å²) < 4.78 is 13.8. The van der Waals surface area contributed by atoms with E-state index in [1.807, 2.05) is 6.07 Å². The molecule has 12 rings (SSSR count). The van der Waals surface area contributed by atoms with E-state index in [0.29, 0.717) is 0 Å². The summed E-state index contributed by atoms with van der Waals surface area (Å²) in [4.78, 5) is 2.39. The number of para-hydroxylation sites is 1. The third kappa shape index (κ3) is 4.92. The number of hydrogen-bond donors (Lipinski definition) is 0.